The number of oxazole rings is 1. The van der Waals surface area contributed by atoms with E-state index < -0.39 is 0 Å². The Hall–Kier alpha value is -3.22. The molecule has 0 unspecified atom stereocenters. The van der Waals surface area contributed by atoms with E-state index in [0.29, 0.717) is 53.8 Å². The van der Waals surface area contributed by atoms with E-state index in [1.54, 1.807) is 18.6 Å². The number of benzene rings is 1. The summed E-state index contributed by atoms with van der Waals surface area (Å²) in [5, 5.41) is 2.85. The summed E-state index contributed by atoms with van der Waals surface area (Å²) in [5.74, 6) is 0.265. The highest BCUT2D eigenvalue weighted by Gasteiger charge is 2.23. The Morgan fingerprint density at radius 2 is 1.92 bits per heavy atom. The summed E-state index contributed by atoms with van der Waals surface area (Å²) in [6.45, 7) is 1.20. The Morgan fingerprint density at radius 3 is 2.76 bits per heavy atom. The highest BCUT2D eigenvalue weighted by Crippen LogP contribution is 2.35. The topological polar surface area (TPSA) is 92.1 Å². The van der Waals surface area contributed by atoms with Crippen LogP contribution >= 0.6 is 0 Å². The van der Waals surface area contributed by atoms with Gasteiger partial charge in [-0.2, -0.15) is 4.98 Å². The highest BCUT2D eigenvalue weighted by atomic mass is 16.4. The number of Topliss-reactive ketones (excluding diaryl/α,β-unsaturated/α-hetero) is 1. The van der Waals surface area contributed by atoms with Crippen LogP contribution in [-0.4, -0.2) is 33.8 Å². The molecular weight excluding hydrogens is 320 g/mol. The Kier molecular flexibility index (Phi) is 2.91. The lowest BCUT2D eigenvalue weighted by atomic mass is 10.0. The lowest BCUT2D eigenvalue weighted by Gasteiger charge is -2.23. The van der Waals surface area contributed by atoms with Crippen LogP contribution in [0, 0.1) is 0 Å². The number of aromatic nitrogens is 3. The number of nitrogens with zero attached hydrogens (tertiary/aromatic N) is 3. The zero-order valence-corrected chi connectivity index (χ0v) is 13.3. The summed E-state index contributed by atoms with van der Waals surface area (Å²) in [4.78, 5) is 37.4. The Labute approximate surface area is 141 Å². The summed E-state index contributed by atoms with van der Waals surface area (Å²) in [7, 11) is 0. The van der Waals surface area contributed by atoms with Crippen molar-refractivity contribution in [1.82, 2.24) is 15.0 Å². The van der Waals surface area contributed by atoms with Crippen molar-refractivity contribution < 1.29 is 9.21 Å². The molecule has 0 aliphatic carbocycles. The van der Waals surface area contributed by atoms with Gasteiger partial charge in [0.1, 0.15) is 11.3 Å². The van der Waals surface area contributed by atoms with E-state index in [1.165, 1.54) is 0 Å². The molecule has 0 radical (unpaired) electrons. The minimum atomic E-state index is -0.182. The molecule has 1 N–H and O–H groups in total. The average molecular weight is 334 g/mol. The first-order chi connectivity index (χ1) is 12.2. The second-order valence-corrected chi connectivity index (χ2v) is 6.22. The van der Waals surface area contributed by atoms with Crippen LogP contribution in [-0.2, 0) is 4.79 Å². The SMILES string of the molecule is O=C1CCN(c2nc3c4ccncc4c4c(=O)[nH]ccc4c3o2)CC1. The lowest BCUT2D eigenvalue weighted by Crippen LogP contribution is -2.33. The van der Waals surface area contributed by atoms with Gasteiger partial charge in [-0.15, -0.1) is 0 Å². The number of H-pyrrole nitrogens is 1. The number of carbonyl (C=O) groups is 1. The number of pyridine rings is 2. The van der Waals surface area contributed by atoms with Crippen LogP contribution in [0.3, 0.4) is 0 Å². The molecular formula is C18H14N4O3. The molecule has 5 rings (SSSR count). The number of ketones is 1. The zero-order chi connectivity index (χ0) is 17.0. The van der Waals surface area contributed by atoms with Crippen molar-refractivity contribution in [2.45, 2.75) is 12.8 Å². The van der Waals surface area contributed by atoms with E-state index in [2.05, 4.69) is 15.0 Å². The first kappa shape index (κ1) is 14.2. The van der Waals surface area contributed by atoms with E-state index in [1.807, 2.05) is 17.0 Å². The summed E-state index contributed by atoms with van der Waals surface area (Å²) in [5.41, 5.74) is 1.12. The molecule has 0 amide bonds. The van der Waals surface area contributed by atoms with E-state index in [0.717, 1.165) is 10.8 Å². The number of hydrogen-bond acceptors (Lipinski definition) is 6. The molecule has 1 fully saturated rings. The van der Waals surface area contributed by atoms with Crippen LogP contribution in [0.4, 0.5) is 6.01 Å². The minimum Gasteiger partial charge on any atom is -0.423 e. The fourth-order valence-electron chi connectivity index (χ4n) is 3.49. The zero-order valence-electron chi connectivity index (χ0n) is 13.3. The molecule has 1 aliphatic rings. The van der Waals surface area contributed by atoms with Crippen LogP contribution in [0.5, 0.6) is 0 Å². The van der Waals surface area contributed by atoms with Crippen molar-refractivity contribution in [3.8, 4) is 0 Å². The van der Waals surface area contributed by atoms with Crippen molar-refractivity contribution in [3.05, 3.63) is 41.1 Å². The molecule has 1 aliphatic heterocycles. The Bertz CT molecular complexity index is 1200. The van der Waals surface area contributed by atoms with E-state index >= 15 is 0 Å². The van der Waals surface area contributed by atoms with Crippen molar-refractivity contribution in [3.63, 3.8) is 0 Å². The number of nitrogens with one attached hydrogen (secondary N) is 1. The van der Waals surface area contributed by atoms with Gasteiger partial charge >= 0.3 is 0 Å². The van der Waals surface area contributed by atoms with Gasteiger partial charge in [0.2, 0.25) is 0 Å². The largest absolute Gasteiger partial charge is 0.423 e. The molecule has 1 aromatic carbocycles. The number of carbonyl (C=O) groups excluding carboxylic acids is 1. The third-order valence-corrected chi connectivity index (χ3v) is 4.76. The van der Waals surface area contributed by atoms with Crippen molar-refractivity contribution >= 4 is 44.4 Å². The number of piperidine rings is 1. The van der Waals surface area contributed by atoms with Crippen molar-refractivity contribution in [2.24, 2.45) is 0 Å². The fraction of sp³-hybridized carbons (Fsp3) is 0.222. The molecule has 25 heavy (non-hydrogen) atoms. The lowest BCUT2D eigenvalue weighted by molar-refractivity contribution is -0.119. The Morgan fingerprint density at radius 1 is 1.08 bits per heavy atom. The molecule has 0 bridgehead atoms. The molecule has 3 aromatic heterocycles. The van der Waals surface area contributed by atoms with Crippen LogP contribution in [0.2, 0.25) is 0 Å². The van der Waals surface area contributed by atoms with Crippen LogP contribution in [0.15, 0.2) is 39.9 Å². The maximum absolute atomic E-state index is 12.4. The summed E-state index contributed by atoms with van der Waals surface area (Å²) in [6, 6.07) is 4.16. The molecule has 0 atom stereocenters. The molecule has 0 saturated carbocycles. The van der Waals surface area contributed by atoms with Gasteiger partial charge in [-0.3, -0.25) is 14.6 Å². The van der Waals surface area contributed by atoms with Gasteiger partial charge in [-0.05, 0) is 12.1 Å². The normalized spacial score (nSPS) is 15.5. The Balaban J connectivity index is 1.85. The third kappa shape index (κ3) is 2.05. The van der Waals surface area contributed by atoms with Crippen LogP contribution < -0.4 is 10.5 Å². The number of anilines is 1. The quantitative estimate of drug-likeness (QED) is 0.537. The maximum atomic E-state index is 12.4. The highest BCUT2D eigenvalue weighted by molar-refractivity contribution is 6.22. The summed E-state index contributed by atoms with van der Waals surface area (Å²) >= 11 is 0. The first-order valence-corrected chi connectivity index (χ1v) is 8.16. The molecule has 7 heteroatoms. The molecule has 124 valence electrons. The fourth-order valence-corrected chi connectivity index (χ4v) is 3.49. The number of fused-ring (bicyclic) bond motifs is 6. The molecule has 7 nitrogen and oxygen atoms in total. The maximum Gasteiger partial charge on any atom is 0.298 e. The van der Waals surface area contributed by atoms with Gasteiger partial charge in [0.15, 0.2) is 5.58 Å². The predicted octanol–water partition coefficient (Wildman–Crippen LogP) is 2.39. The van der Waals surface area contributed by atoms with Crippen LogP contribution in [0.25, 0.3) is 32.6 Å². The summed E-state index contributed by atoms with van der Waals surface area (Å²) in [6.07, 6.45) is 5.97. The monoisotopic (exact) mass is 334 g/mol. The minimum absolute atomic E-state index is 0.182. The smallest absolute Gasteiger partial charge is 0.298 e. The first-order valence-electron chi connectivity index (χ1n) is 8.16. The van der Waals surface area contributed by atoms with Gasteiger partial charge in [-0.1, -0.05) is 0 Å². The molecule has 1 saturated heterocycles. The second-order valence-electron chi connectivity index (χ2n) is 6.22. The third-order valence-electron chi connectivity index (χ3n) is 4.76. The van der Waals surface area contributed by atoms with Gasteiger partial charge in [0.25, 0.3) is 11.6 Å². The predicted molar refractivity (Wildman–Crippen MR) is 93.9 cm³/mol. The number of hydrogen-bond donors (Lipinski definition) is 1. The van der Waals surface area contributed by atoms with E-state index in [4.69, 9.17) is 4.42 Å². The van der Waals surface area contributed by atoms with Crippen molar-refractivity contribution in [1.29, 1.82) is 0 Å². The van der Waals surface area contributed by atoms with Gasteiger partial charge in [0, 0.05) is 60.7 Å². The summed E-state index contributed by atoms with van der Waals surface area (Å²) < 4.78 is 6.05. The number of aromatic amines is 1. The molecule has 4 heterocycles. The van der Waals surface area contributed by atoms with Gasteiger partial charge in [0.05, 0.1) is 5.39 Å². The van der Waals surface area contributed by atoms with Crippen molar-refractivity contribution in [2.75, 3.05) is 18.0 Å². The standard InChI is InChI=1S/C18H14N4O3/c23-10-3-7-22(8-4-10)18-21-15-11-1-5-19-9-13(11)14-12(16(15)25-18)2-6-20-17(14)24/h1-2,5-6,9H,3-4,7-8H2,(H,20,24). The second kappa shape index (κ2) is 5.14. The van der Waals surface area contributed by atoms with Gasteiger partial charge < -0.3 is 14.3 Å². The molecule has 4 aromatic rings. The van der Waals surface area contributed by atoms with E-state index in [9.17, 15) is 9.59 Å². The van der Waals surface area contributed by atoms with Gasteiger partial charge in [-0.25, -0.2) is 0 Å². The molecule has 0 spiro atoms. The average Bonchev–Trinajstić information content (AvgIpc) is 3.08. The number of rotatable bonds is 1. The van der Waals surface area contributed by atoms with Crippen LogP contribution in [0.1, 0.15) is 12.8 Å². The van der Waals surface area contributed by atoms with E-state index in [-0.39, 0.29) is 11.3 Å².